The molecule has 1 aliphatic carbocycles. The molecule has 0 atom stereocenters. The van der Waals surface area contributed by atoms with Crippen LogP contribution in [-0.4, -0.2) is 9.97 Å². The minimum absolute atomic E-state index is 0.711. The molecule has 1 aliphatic rings. The molecule has 3 aromatic heterocycles. The van der Waals surface area contributed by atoms with Gasteiger partial charge in [-0.15, -0.1) is 0 Å². The first kappa shape index (κ1) is 17.4. The summed E-state index contributed by atoms with van der Waals surface area (Å²) in [4.78, 5) is 9.39. The number of benzene rings is 1. The third-order valence-corrected chi connectivity index (χ3v) is 6.30. The zero-order chi connectivity index (χ0) is 19.3. The molecule has 0 unspecified atom stereocenters. The van der Waals surface area contributed by atoms with Gasteiger partial charge in [-0.05, 0) is 80.1 Å². The van der Waals surface area contributed by atoms with Crippen LogP contribution in [0.5, 0.6) is 0 Å². The molecular weight excluding hydrogens is 344 g/mol. The predicted molar refractivity (Wildman–Crippen MR) is 115 cm³/mol. The Kier molecular flexibility index (Phi) is 4.19. The van der Waals surface area contributed by atoms with Gasteiger partial charge >= 0.3 is 0 Å². The molecule has 0 saturated heterocycles. The average Bonchev–Trinajstić information content (AvgIpc) is 3.29. The molecule has 3 nitrogen and oxygen atoms in total. The normalized spacial score (nSPS) is 15.1. The van der Waals surface area contributed by atoms with E-state index in [2.05, 4.69) is 49.3 Å². The fraction of sp³-hybridized carbons (Fsp3) is 0.360. The first-order valence-electron chi connectivity index (χ1n) is 10.3. The summed E-state index contributed by atoms with van der Waals surface area (Å²) >= 11 is 0. The number of rotatable bonds is 3. The number of aryl methyl sites for hydroxylation is 3. The van der Waals surface area contributed by atoms with Crippen molar-refractivity contribution in [1.82, 2.24) is 9.97 Å². The van der Waals surface area contributed by atoms with E-state index in [1.807, 2.05) is 13.0 Å². The van der Waals surface area contributed by atoms with Crippen molar-refractivity contribution in [2.45, 2.75) is 52.9 Å². The number of hydrogen-bond donors (Lipinski definition) is 0. The minimum Gasteiger partial charge on any atom is -0.438 e. The Morgan fingerprint density at radius 2 is 1.79 bits per heavy atom. The van der Waals surface area contributed by atoms with Crippen molar-refractivity contribution < 1.29 is 4.42 Å². The lowest BCUT2D eigenvalue weighted by molar-refractivity contribution is 0.544. The van der Waals surface area contributed by atoms with Crippen molar-refractivity contribution in [2.75, 3.05) is 0 Å². The van der Waals surface area contributed by atoms with Crippen LogP contribution in [0.15, 0.2) is 40.9 Å². The van der Waals surface area contributed by atoms with Gasteiger partial charge in [-0.3, -0.25) is 4.98 Å². The topological polar surface area (TPSA) is 38.9 Å². The van der Waals surface area contributed by atoms with Crippen LogP contribution in [0.4, 0.5) is 0 Å². The zero-order valence-electron chi connectivity index (χ0n) is 16.9. The molecule has 0 bridgehead atoms. The van der Waals surface area contributed by atoms with Crippen LogP contribution in [0, 0.1) is 26.7 Å². The molecule has 28 heavy (non-hydrogen) atoms. The Morgan fingerprint density at radius 3 is 2.57 bits per heavy atom. The van der Waals surface area contributed by atoms with Gasteiger partial charge < -0.3 is 4.42 Å². The SMILES string of the molecule is Cc1ccc2c(n1)oc1cc(C)c(-c3cc(C)c(CC4CCCC4)cn3)cc12. The van der Waals surface area contributed by atoms with Crippen LogP contribution < -0.4 is 0 Å². The lowest BCUT2D eigenvalue weighted by Gasteiger charge is -2.13. The number of furan rings is 1. The zero-order valence-corrected chi connectivity index (χ0v) is 16.9. The number of aromatic nitrogens is 2. The van der Waals surface area contributed by atoms with Gasteiger partial charge in [-0.1, -0.05) is 25.7 Å². The minimum atomic E-state index is 0.711. The van der Waals surface area contributed by atoms with E-state index >= 15 is 0 Å². The van der Waals surface area contributed by atoms with Crippen molar-refractivity contribution in [3.63, 3.8) is 0 Å². The number of nitrogens with zero attached hydrogens (tertiary/aromatic N) is 2. The summed E-state index contributed by atoms with van der Waals surface area (Å²) in [6, 6.07) is 10.7. The predicted octanol–water partition coefficient (Wildman–Crippen LogP) is 6.70. The lowest BCUT2D eigenvalue weighted by atomic mass is 9.94. The fourth-order valence-electron chi connectivity index (χ4n) is 4.64. The molecule has 3 heteroatoms. The van der Waals surface area contributed by atoms with Gasteiger partial charge in [0, 0.05) is 28.2 Å². The van der Waals surface area contributed by atoms with E-state index in [4.69, 9.17) is 9.40 Å². The Hall–Kier alpha value is -2.68. The maximum atomic E-state index is 5.99. The van der Waals surface area contributed by atoms with Crippen LogP contribution in [0.2, 0.25) is 0 Å². The van der Waals surface area contributed by atoms with Gasteiger partial charge in [0.15, 0.2) is 0 Å². The summed E-state index contributed by atoms with van der Waals surface area (Å²) in [7, 11) is 0. The van der Waals surface area contributed by atoms with Gasteiger partial charge in [0.2, 0.25) is 5.71 Å². The highest BCUT2D eigenvalue weighted by molar-refractivity contribution is 6.05. The van der Waals surface area contributed by atoms with Gasteiger partial charge in [-0.2, -0.15) is 0 Å². The Morgan fingerprint density at radius 1 is 0.964 bits per heavy atom. The van der Waals surface area contributed by atoms with Crippen molar-refractivity contribution in [3.8, 4) is 11.3 Å². The summed E-state index contributed by atoms with van der Waals surface area (Å²) in [6.07, 6.45) is 8.80. The van der Waals surface area contributed by atoms with E-state index < -0.39 is 0 Å². The highest BCUT2D eigenvalue weighted by Crippen LogP contribution is 2.34. The maximum Gasteiger partial charge on any atom is 0.227 e. The summed E-state index contributed by atoms with van der Waals surface area (Å²) in [5.74, 6) is 0.845. The summed E-state index contributed by atoms with van der Waals surface area (Å²) in [6.45, 7) is 6.34. The second-order valence-electron chi connectivity index (χ2n) is 8.42. The van der Waals surface area contributed by atoms with Crippen LogP contribution in [0.25, 0.3) is 33.3 Å². The van der Waals surface area contributed by atoms with Crippen LogP contribution in [-0.2, 0) is 6.42 Å². The Bertz CT molecular complexity index is 1180. The first-order chi connectivity index (χ1) is 13.6. The molecule has 1 fully saturated rings. The van der Waals surface area contributed by atoms with Crippen LogP contribution in [0.3, 0.4) is 0 Å². The molecular formula is C25H26N2O. The molecule has 0 radical (unpaired) electrons. The molecule has 5 rings (SSSR count). The first-order valence-corrected chi connectivity index (χ1v) is 10.3. The highest BCUT2D eigenvalue weighted by Gasteiger charge is 2.18. The van der Waals surface area contributed by atoms with Gasteiger partial charge in [0.25, 0.3) is 0 Å². The quantitative estimate of drug-likeness (QED) is 0.403. The van der Waals surface area contributed by atoms with Crippen LogP contribution in [0.1, 0.15) is 48.1 Å². The second kappa shape index (κ2) is 6.73. The highest BCUT2D eigenvalue weighted by atomic mass is 16.3. The molecule has 142 valence electrons. The molecule has 1 saturated carbocycles. The van der Waals surface area contributed by atoms with E-state index in [0.29, 0.717) is 5.71 Å². The van der Waals surface area contributed by atoms with Crippen LogP contribution >= 0.6 is 0 Å². The average molecular weight is 370 g/mol. The second-order valence-corrected chi connectivity index (χ2v) is 8.42. The van der Waals surface area contributed by atoms with Gasteiger partial charge in [-0.25, -0.2) is 4.98 Å². The number of fused-ring (bicyclic) bond motifs is 3. The van der Waals surface area contributed by atoms with Crippen molar-refractivity contribution in [1.29, 1.82) is 0 Å². The van der Waals surface area contributed by atoms with E-state index in [1.54, 1.807) is 0 Å². The molecule has 1 aromatic carbocycles. The van der Waals surface area contributed by atoms with Gasteiger partial charge in [0.1, 0.15) is 5.58 Å². The molecule has 3 heterocycles. The van der Waals surface area contributed by atoms with E-state index in [0.717, 1.165) is 33.7 Å². The monoisotopic (exact) mass is 370 g/mol. The molecule has 0 N–H and O–H groups in total. The molecule has 4 aromatic rings. The number of hydrogen-bond acceptors (Lipinski definition) is 3. The fourth-order valence-corrected chi connectivity index (χ4v) is 4.64. The van der Waals surface area contributed by atoms with E-state index in [1.165, 1.54) is 54.4 Å². The van der Waals surface area contributed by atoms with Crippen molar-refractivity contribution in [2.24, 2.45) is 5.92 Å². The maximum absolute atomic E-state index is 5.99. The number of pyridine rings is 2. The standard InChI is InChI=1S/C25H26N2O/c1-15-10-23(26-14-19(15)12-18-6-4-5-7-18)21-13-22-20-9-8-17(3)27-25(20)28-24(22)11-16(21)2/h8-11,13-14,18H,4-7,12H2,1-3H3. The van der Waals surface area contributed by atoms with Crippen molar-refractivity contribution >= 4 is 22.1 Å². The third-order valence-electron chi connectivity index (χ3n) is 6.30. The lowest BCUT2D eigenvalue weighted by Crippen LogP contribution is -2.02. The Labute approximate surface area is 165 Å². The molecule has 0 amide bonds. The molecule has 0 spiro atoms. The van der Waals surface area contributed by atoms with E-state index in [-0.39, 0.29) is 0 Å². The molecule has 0 aliphatic heterocycles. The van der Waals surface area contributed by atoms with E-state index in [9.17, 15) is 0 Å². The van der Waals surface area contributed by atoms with Gasteiger partial charge in [0.05, 0.1) is 5.69 Å². The summed E-state index contributed by atoms with van der Waals surface area (Å²) < 4.78 is 5.99. The van der Waals surface area contributed by atoms with Crippen molar-refractivity contribution in [3.05, 3.63) is 58.9 Å². The smallest absolute Gasteiger partial charge is 0.227 e. The largest absolute Gasteiger partial charge is 0.438 e. The Balaban J connectivity index is 1.57. The summed E-state index contributed by atoms with van der Waals surface area (Å²) in [5, 5.41) is 2.18. The summed E-state index contributed by atoms with van der Waals surface area (Å²) in [5.41, 5.74) is 8.73. The third kappa shape index (κ3) is 2.99.